The number of amides is 4. The second-order valence-electron chi connectivity index (χ2n) is 9.79. The predicted octanol–water partition coefficient (Wildman–Crippen LogP) is 2.65. The number of imide groups is 2. The molecule has 3 aliphatic rings. The smallest absolute Gasteiger partial charge is 0.335 e. The van der Waals surface area contributed by atoms with E-state index in [1.54, 1.807) is 30.3 Å². The van der Waals surface area contributed by atoms with Crippen molar-refractivity contribution in [2.75, 3.05) is 17.3 Å². The van der Waals surface area contributed by atoms with Gasteiger partial charge in [0.15, 0.2) is 0 Å². The van der Waals surface area contributed by atoms with Crippen molar-refractivity contribution in [3.63, 3.8) is 0 Å². The number of nitrogens with one attached hydrogen (secondary N) is 2. The number of benzene rings is 2. The quantitative estimate of drug-likeness (QED) is 0.511. The Labute approximate surface area is 213 Å². The van der Waals surface area contributed by atoms with Crippen molar-refractivity contribution in [2.45, 2.75) is 56.7 Å². The Hall–Kier alpha value is -4.21. The highest BCUT2D eigenvalue weighted by Crippen LogP contribution is 2.34. The molecule has 1 saturated carbocycles. The lowest BCUT2D eigenvalue weighted by molar-refractivity contribution is -0.136. The minimum absolute atomic E-state index is 0.0797. The molecule has 2 aromatic carbocycles. The van der Waals surface area contributed by atoms with Crippen LogP contribution < -0.4 is 15.5 Å². The Balaban J connectivity index is 1.25. The van der Waals surface area contributed by atoms with Crippen LogP contribution >= 0.6 is 0 Å². The highest BCUT2D eigenvalue weighted by molar-refractivity contribution is 6.25. The van der Waals surface area contributed by atoms with E-state index in [1.807, 2.05) is 19.2 Å². The molecule has 4 amide bonds. The van der Waals surface area contributed by atoms with Gasteiger partial charge in [-0.1, -0.05) is 6.07 Å². The minimum atomic E-state index is -0.992. The van der Waals surface area contributed by atoms with Gasteiger partial charge in [-0.25, -0.2) is 4.79 Å². The minimum Gasteiger partial charge on any atom is -0.478 e. The first kappa shape index (κ1) is 24.5. The maximum Gasteiger partial charge on any atom is 0.335 e. The highest BCUT2D eigenvalue weighted by atomic mass is 16.4. The van der Waals surface area contributed by atoms with Crippen LogP contribution in [0.5, 0.6) is 0 Å². The molecular weight excluding hydrogens is 476 g/mol. The lowest BCUT2D eigenvalue weighted by Gasteiger charge is -2.36. The van der Waals surface area contributed by atoms with E-state index in [1.165, 1.54) is 0 Å². The molecule has 1 atom stereocenters. The maximum absolute atomic E-state index is 13.3. The summed E-state index contributed by atoms with van der Waals surface area (Å²) in [5.74, 6) is -3.01. The summed E-state index contributed by atoms with van der Waals surface area (Å²) in [7, 11) is 2.01. The van der Waals surface area contributed by atoms with E-state index in [0.29, 0.717) is 11.7 Å². The number of nitrogens with zero attached hydrogens (tertiary/aromatic N) is 2. The molecule has 0 radical (unpaired) electrons. The zero-order chi connectivity index (χ0) is 26.3. The molecule has 1 saturated heterocycles. The molecule has 1 unspecified atom stereocenters. The molecule has 0 aromatic heterocycles. The third-order valence-electron chi connectivity index (χ3n) is 7.59. The molecule has 192 valence electrons. The van der Waals surface area contributed by atoms with Gasteiger partial charge in [-0.3, -0.25) is 29.4 Å². The van der Waals surface area contributed by atoms with E-state index < -0.39 is 35.6 Å². The van der Waals surface area contributed by atoms with Gasteiger partial charge in [-0.15, -0.1) is 0 Å². The van der Waals surface area contributed by atoms with Crippen molar-refractivity contribution in [1.29, 1.82) is 0 Å². The highest BCUT2D eigenvalue weighted by Gasteiger charge is 2.45. The molecule has 1 aliphatic carbocycles. The van der Waals surface area contributed by atoms with Crippen molar-refractivity contribution >= 4 is 41.0 Å². The van der Waals surface area contributed by atoms with Gasteiger partial charge in [0.05, 0.1) is 16.7 Å². The number of hydrogen-bond donors (Lipinski definition) is 3. The fourth-order valence-corrected chi connectivity index (χ4v) is 5.51. The first-order valence-corrected chi connectivity index (χ1v) is 12.4. The van der Waals surface area contributed by atoms with Gasteiger partial charge in [0.25, 0.3) is 11.8 Å². The maximum atomic E-state index is 13.3. The molecule has 5 rings (SSSR count). The molecule has 2 heterocycles. The van der Waals surface area contributed by atoms with Gasteiger partial charge in [-0.05, 0) is 68.5 Å². The monoisotopic (exact) mass is 504 g/mol. The molecular formula is C27H28N4O6. The molecule has 3 N–H and O–H groups in total. The zero-order valence-electron chi connectivity index (χ0n) is 20.4. The largest absolute Gasteiger partial charge is 0.478 e. The number of aromatic carboxylic acids is 1. The summed E-state index contributed by atoms with van der Waals surface area (Å²) >= 11 is 0. The summed E-state index contributed by atoms with van der Waals surface area (Å²) in [6, 6.07) is 11.3. The fraction of sp³-hybridized carbons (Fsp3) is 0.370. The molecule has 2 fully saturated rings. The van der Waals surface area contributed by atoms with Crippen molar-refractivity contribution in [3.8, 4) is 0 Å². The molecule has 10 heteroatoms. The fourth-order valence-electron chi connectivity index (χ4n) is 5.51. The van der Waals surface area contributed by atoms with Crippen molar-refractivity contribution in [3.05, 3.63) is 59.2 Å². The number of fused-ring (bicyclic) bond motifs is 1. The molecule has 2 aromatic rings. The average molecular weight is 505 g/mol. The number of rotatable bonds is 6. The van der Waals surface area contributed by atoms with Crippen LogP contribution in [0.2, 0.25) is 0 Å². The van der Waals surface area contributed by atoms with Crippen LogP contribution in [0.1, 0.15) is 69.6 Å². The standard InChI is InChI=1S/C27H28N4O6/c1-30(17-9-5-15(6-10-17)27(36)37)18-11-7-16(8-12-18)28-20-4-2-3-19-23(20)26(35)31(25(19)34)21-13-14-22(32)29-24(21)33/h2-6,9-10,16,18,21,28H,7-8,11-14H2,1H3,(H,36,37)(H,29,32,33). The summed E-state index contributed by atoms with van der Waals surface area (Å²) in [6.45, 7) is 0. The Bertz CT molecular complexity index is 1280. The van der Waals surface area contributed by atoms with E-state index in [2.05, 4.69) is 15.5 Å². The van der Waals surface area contributed by atoms with Crippen LogP contribution in [0, 0.1) is 0 Å². The van der Waals surface area contributed by atoms with Crippen LogP contribution in [0.25, 0.3) is 0 Å². The number of carbonyl (C=O) groups excluding carboxylic acids is 4. The molecule has 10 nitrogen and oxygen atoms in total. The van der Waals surface area contributed by atoms with Gasteiger partial charge in [0.2, 0.25) is 11.8 Å². The van der Waals surface area contributed by atoms with Crippen LogP contribution in [0.15, 0.2) is 42.5 Å². The number of hydrogen-bond acceptors (Lipinski definition) is 7. The number of carboxylic acids is 1. The Morgan fingerprint density at radius 3 is 2.32 bits per heavy atom. The first-order valence-electron chi connectivity index (χ1n) is 12.4. The Morgan fingerprint density at radius 2 is 1.68 bits per heavy atom. The van der Waals surface area contributed by atoms with E-state index >= 15 is 0 Å². The normalized spacial score (nSPS) is 23.5. The topological polar surface area (TPSA) is 136 Å². The molecule has 0 spiro atoms. The van der Waals surface area contributed by atoms with Crippen molar-refractivity contribution < 1.29 is 29.1 Å². The SMILES string of the molecule is CN(c1ccc(C(=O)O)cc1)C1CCC(Nc2cccc3c2C(=O)N(C2CCC(=O)NC2=O)C3=O)CC1. The second-order valence-corrected chi connectivity index (χ2v) is 9.79. The predicted molar refractivity (Wildman–Crippen MR) is 135 cm³/mol. The molecule has 2 aliphatic heterocycles. The lowest BCUT2D eigenvalue weighted by Crippen LogP contribution is -2.54. The van der Waals surface area contributed by atoms with Gasteiger partial charge in [-0.2, -0.15) is 0 Å². The third-order valence-corrected chi connectivity index (χ3v) is 7.59. The summed E-state index contributed by atoms with van der Waals surface area (Å²) in [5.41, 5.74) is 2.32. The Morgan fingerprint density at radius 1 is 0.973 bits per heavy atom. The first-order chi connectivity index (χ1) is 17.7. The molecule has 0 bridgehead atoms. The molecule has 37 heavy (non-hydrogen) atoms. The third kappa shape index (κ3) is 4.54. The summed E-state index contributed by atoms with van der Waals surface area (Å²) in [4.78, 5) is 64.5. The van der Waals surface area contributed by atoms with Crippen LogP contribution in [0.4, 0.5) is 11.4 Å². The number of piperidine rings is 1. The van der Waals surface area contributed by atoms with Crippen LogP contribution in [-0.4, -0.2) is 64.8 Å². The number of anilines is 2. The van der Waals surface area contributed by atoms with Crippen LogP contribution in [0.3, 0.4) is 0 Å². The second kappa shape index (κ2) is 9.68. The van der Waals surface area contributed by atoms with Crippen LogP contribution in [-0.2, 0) is 9.59 Å². The Kier molecular flexibility index (Phi) is 6.41. The summed E-state index contributed by atoms with van der Waals surface area (Å²) < 4.78 is 0. The number of carbonyl (C=O) groups is 5. The van der Waals surface area contributed by atoms with Gasteiger partial charge < -0.3 is 15.3 Å². The van der Waals surface area contributed by atoms with E-state index in [0.717, 1.165) is 36.3 Å². The van der Waals surface area contributed by atoms with Gasteiger partial charge >= 0.3 is 5.97 Å². The van der Waals surface area contributed by atoms with Gasteiger partial charge in [0, 0.05) is 36.9 Å². The average Bonchev–Trinajstić information content (AvgIpc) is 3.14. The van der Waals surface area contributed by atoms with Crippen molar-refractivity contribution in [2.24, 2.45) is 0 Å². The summed E-state index contributed by atoms with van der Waals surface area (Å²) in [6.07, 6.45) is 3.71. The van der Waals surface area contributed by atoms with E-state index in [4.69, 9.17) is 5.11 Å². The summed E-state index contributed by atoms with van der Waals surface area (Å²) in [5, 5.41) is 14.8. The van der Waals surface area contributed by atoms with Gasteiger partial charge in [0.1, 0.15) is 6.04 Å². The zero-order valence-corrected chi connectivity index (χ0v) is 20.4. The van der Waals surface area contributed by atoms with E-state index in [-0.39, 0.29) is 35.6 Å². The lowest BCUT2D eigenvalue weighted by atomic mass is 9.89. The number of carboxylic acid groups (broad SMARTS) is 1. The van der Waals surface area contributed by atoms with E-state index in [9.17, 15) is 24.0 Å². The van der Waals surface area contributed by atoms with Crippen molar-refractivity contribution in [1.82, 2.24) is 10.2 Å².